The third-order valence-corrected chi connectivity index (χ3v) is 5.96. The Kier molecular flexibility index (Phi) is 5.72. The van der Waals surface area contributed by atoms with Crippen LogP contribution in [-0.2, 0) is 9.59 Å². The summed E-state index contributed by atoms with van der Waals surface area (Å²) in [5.74, 6) is 0.575. The average molecular weight is 330 g/mol. The fourth-order valence-electron chi connectivity index (χ4n) is 4.54. The number of halogens is 1. The van der Waals surface area contributed by atoms with E-state index in [1.807, 2.05) is 0 Å². The summed E-state index contributed by atoms with van der Waals surface area (Å²) in [5.41, 5.74) is 5.20. The highest BCUT2D eigenvalue weighted by Gasteiger charge is 2.50. The minimum absolute atomic E-state index is 0. The van der Waals surface area contributed by atoms with E-state index in [-0.39, 0.29) is 41.6 Å². The van der Waals surface area contributed by atoms with Gasteiger partial charge in [-0.2, -0.15) is 0 Å². The van der Waals surface area contributed by atoms with E-state index in [1.165, 1.54) is 19.3 Å². The van der Waals surface area contributed by atoms with Crippen LogP contribution in [0.3, 0.4) is 0 Å². The van der Waals surface area contributed by atoms with Crippen molar-refractivity contribution >= 4 is 24.2 Å². The van der Waals surface area contributed by atoms with Gasteiger partial charge in [0.2, 0.25) is 11.8 Å². The van der Waals surface area contributed by atoms with E-state index in [4.69, 9.17) is 5.73 Å². The summed E-state index contributed by atoms with van der Waals surface area (Å²) in [5, 5.41) is 6.70. The van der Waals surface area contributed by atoms with Crippen molar-refractivity contribution in [1.82, 2.24) is 10.6 Å². The van der Waals surface area contributed by atoms with E-state index in [9.17, 15) is 9.59 Å². The SMILES string of the molecule is Cl.NC(=O)C1CCC(NC(=O)[C@@]23CCCC[C@H]2CNC3)CC1. The zero-order chi connectivity index (χ0) is 14.9. The molecule has 3 fully saturated rings. The number of fused-ring (bicyclic) bond motifs is 1. The standard InChI is InChI=1S/C16H27N3O2.ClH/c17-14(20)11-4-6-13(7-5-11)19-15(21)16-8-2-1-3-12(16)9-18-10-16;/h11-13,18H,1-10H2,(H2,17,20)(H,19,21);1H/t11?,12-,13?,16+;/m0./s1. The lowest BCUT2D eigenvalue weighted by Gasteiger charge is -2.39. The van der Waals surface area contributed by atoms with Crippen LogP contribution in [0.25, 0.3) is 0 Å². The lowest BCUT2D eigenvalue weighted by atomic mass is 9.67. The fourth-order valence-corrected chi connectivity index (χ4v) is 4.54. The topological polar surface area (TPSA) is 84.2 Å². The number of hydrogen-bond donors (Lipinski definition) is 3. The molecule has 2 atom stereocenters. The van der Waals surface area contributed by atoms with Crippen LogP contribution in [-0.4, -0.2) is 30.9 Å². The van der Waals surface area contributed by atoms with Crippen molar-refractivity contribution < 1.29 is 9.59 Å². The maximum atomic E-state index is 12.8. The molecule has 1 aliphatic heterocycles. The van der Waals surface area contributed by atoms with Crippen molar-refractivity contribution in [3.8, 4) is 0 Å². The normalized spacial score (nSPS) is 37.7. The van der Waals surface area contributed by atoms with Crippen molar-refractivity contribution in [3.63, 3.8) is 0 Å². The Balaban J connectivity index is 0.00000176. The van der Waals surface area contributed by atoms with E-state index in [0.717, 1.165) is 45.2 Å². The quantitative estimate of drug-likeness (QED) is 0.730. The van der Waals surface area contributed by atoms with Crippen LogP contribution >= 0.6 is 12.4 Å². The maximum Gasteiger partial charge on any atom is 0.228 e. The molecule has 0 bridgehead atoms. The molecule has 0 spiro atoms. The van der Waals surface area contributed by atoms with Crippen LogP contribution in [0.5, 0.6) is 0 Å². The molecule has 1 heterocycles. The largest absolute Gasteiger partial charge is 0.369 e. The van der Waals surface area contributed by atoms with Gasteiger partial charge in [0.1, 0.15) is 0 Å². The van der Waals surface area contributed by atoms with Gasteiger partial charge in [-0.05, 0) is 51.0 Å². The Morgan fingerprint density at radius 2 is 1.82 bits per heavy atom. The lowest BCUT2D eigenvalue weighted by Crippen LogP contribution is -2.51. The van der Waals surface area contributed by atoms with E-state index in [0.29, 0.717) is 5.92 Å². The van der Waals surface area contributed by atoms with Crippen molar-refractivity contribution in [2.75, 3.05) is 13.1 Å². The monoisotopic (exact) mass is 329 g/mol. The zero-order valence-corrected chi connectivity index (χ0v) is 13.9. The summed E-state index contributed by atoms with van der Waals surface area (Å²) in [6, 6.07) is 0.227. The first-order valence-corrected chi connectivity index (χ1v) is 8.43. The Bertz CT molecular complexity index is 424. The van der Waals surface area contributed by atoms with Gasteiger partial charge in [0.25, 0.3) is 0 Å². The van der Waals surface area contributed by atoms with Gasteiger partial charge in [0, 0.05) is 18.5 Å². The molecule has 0 aromatic heterocycles. The van der Waals surface area contributed by atoms with Crippen LogP contribution in [0, 0.1) is 17.3 Å². The second-order valence-corrected chi connectivity index (χ2v) is 7.15. The predicted molar refractivity (Wildman–Crippen MR) is 87.6 cm³/mol. The van der Waals surface area contributed by atoms with Crippen LogP contribution in [0.2, 0.25) is 0 Å². The zero-order valence-electron chi connectivity index (χ0n) is 13.1. The number of nitrogens with two attached hydrogens (primary N) is 1. The molecule has 3 aliphatic rings. The smallest absolute Gasteiger partial charge is 0.228 e. The van der Waals surface area contributed by atoms with Crippen molar-refractivity contribution in [2.24, 2.45) is 23.0 Å². The molecule has 22 heavy (non-hydrogen) atoms. The second-order valence-electron chi connectivity index (χ2n) is 7.15. The second kappa shape index (κ2) is 7.18. The third-order valence-electron chi connectivity index (χ3n) is 5.96. The minimum Gasteiger partial charge on any atom is -0.369 e. The number of carbonyl (C=O) groups is 2. The van der Waals surface area contributed by atoms with Crippen molar-refractivity contribution in [2.45, 2.75) is 57.4 Å². The first-order valence-electron chi connectivity index (χ1n) is 8.43. The van der Waals surface area contributed by atoms with Crippen LogP contribution in [0.15, 0.2) is 0 Å². The maximum absolute atomic E-state index is 12.8. The molecule has 0 radical (unpaired) electrons. The van der Waals surface area contributed by atoms with E-state index in [2.05, 4.69) is 10.6 Å². The molecule has 6 heteroatoms. The summed E-state index contributed by atoms with van der Waals surface area (Å²) >= 11 is 0. The van der Waals surface area contributed by atoms with Gasteiger partial charge in [-0.15, -0.1) is 12.4 Å². The molecule has 1 saturated heterocycles. The first kappa shape index (κ1) is 17.5. The molecule has 0 aromatic rings. The van der Waals surface area contributed by atoms with Gasteiger partial charge in [-0.1, -0.05) is 12.8 Å². The molecule has 0 unspecified atom stereocenters. The molecule has 2 amide bonds. The number of rotatable bonds is 3. The summed E-state index contributed by atoms with van der Waals surface area (Å²) in [6.45, 7) is 1.82. The van der Waals surface area contributed by atoms with Gasteiger partial charge in [-0.25, -0.2) is 0 Å². The molecule has 126 valence electrons. The molecule has 0 aromatic carbocycles. The summed E-state index contributed by atoms with van der Waals surface area (Å²) in [6.07, 6.45) is 8.01. The Morgan fingerprint density at radius 3 is 2.50 bits per heavy atom. The minimum atomic E-state index is -0.189. The molecule has 3 rings (SSSR count). The summed E-state index contributed by atoms with van der Waals surface area (Å²) in [4.78, 5) is 24.0. The molecule has 4 N–H and O–H groups in total. The van der Waals surface area contributed by atoms with Crippen molar-refractivity contribution in [1.29, 1.82) is 0 Å². The predicted octanol–water partition coefficient (Wildman–Crippen LogP) is 1.35. The molecule has 5 nitrogen and oxygen atoms in total. The summed E-state index contributed by atoms with van der Waals surface area (Å²) in [7, 11) is 0. The van der Waals surface area contributed by atoms with E-state index in [1.54, 1.807) is 0 Å². The van der Waals surface area contributed by atoms with Crippen molar-refractivity contribution in [3.05, 3.63) is 0 Å². The van der Waals surface area contributed by atoms with Gasteiger partial charge in [0.05, 0.1) is 5.41 Å². The first-order chi connectivity index (χ1) is 10.1. The number of carbonyl (C=O) groups excluding carboxylic acids is 2. The highest BCUT2D eigenvalue weighted by Crippen LogP contribution is 2.44. The Morgan fingerprint density at radius 1 is 1.09 bits per heavy atom. The van der Waals surface area contributed by atoms with Gasteiger partial charge >= 0.3 is 0 Å². The van der Waals surface area contributed by atoms with E-state index < -0.39 is 0 Å². The highest BCUT2D eigenvalue weighted by atomic mass is 35.5. The number of amides is 2. The molecule has 2 saturated carbocycles. The summed E-state index contributed by atoms with van der Waals surface area (Å²) < 4.78 is 0. The molecular formula is C16H28ClN3O2. The van der Waals surface area contributed by atoms with Crippen LogP contribution in [0.4, 0.5) is 0 Å². The average Bonchev–Trinajstić information content (AvgIpc) is 2.93. The number of primary amides is 1. The van der Waals surface area contributed by atoms with E-state index >= 15 is 0 Å². The fraction of sp³-hybridized carbons (Fsp3) is 0.875. The Hall–Kier alpha value is -0.810. The van der Waals surface area contributed by atoms with Gasteiger partial charge < -0.3 is 16.4 Å². The molecule has 2 aliphatic carbocycles. The highest BCUT2D eigenvalue weighted by molar-refractivity contribution is 5.85. The number of hydrogen-bond acceptors (Lipinski definition) is 3. The molecular weight excluding hydrogens is 302 g/mol. The van der Waals surface area contributed by atoms with Crippen LogP contribution < -0.4 is 16.4 Å². The van der Waals surface area contributed by atoms with Gasteiger partial charge in [-0.3, -0.25) is 9.59 Å². The third kappa shape index (κ3) is 3.25. The Labute approximate surface area is 138 Å². The lowest BCUT2D eigenvalue weighted by molar-refractivity contribution is -0.135. The van der Waals surface area contributed by atoms with Crippen LogP contribution in [0.1, 0.15) is 51.4 Å². The van der Waals surface area contributed by atoms with Gasteiger partial charge in [0.15, 0.2) is 0 Å². The number of nitrogens with one attached hydrogen (secondary N) is 2.